The van der Waals surface area contributed by atoms with Crippen LogP contribution in [0.15, 0.2) is 12.1 Å². The molecule has 0 saturated carbocycles. The molecular weight excluding hydrogens is 264 g/mol. The lowest BCUT2D eigenvalue weighted by Crippen LogP contribution is -2.40. The molecule has 0 aliphatic carbocycles. The summed E-state index contributed by atoms with van der Waals surface area (Å²) in [5.41, 5.74) is 0.307. The third kappa shape index (κ3) is 5.27. The van der Waals surface area contributed by atoms with Gasteiger partial charge >= 0.3 is 0 Å². The molecule has 2 nitrogen and oxygen atoms in total. The average Bonchev–Trinajstić information content (AvgIpc) is 2.62. The quantitative estimate of drug-likeness (QED) is 0.855. The standard InChI is InChI=1S/C14H25ClN2S/c1-14(2,3)12(16-4)8-9-17(5)10-11-6-7-13(15)18-11/h6-7,12,16H,8-10H2,1-5H3. The summed E-state index contributed by atoms with van der Waals surface area (Å²) in [5, 5.41) is 3.42. The highest BCUT2D eigenvalue weighted by molar-refractivity contribution is 7.16. The lowest BCUT2D eigenvalue weighted by Gasteiger charge is -2.31. The Balaban J connectivity index is 2.38. The first-order valence-corrected chi connectivity index (χ1v) is 7.62. The zero-order valence-corrected chi connectivity index (χ0v) is 13.7. The third-order valence-electron chi connectivity index (χ3n) is 3.25. The van der Waals surface area contributed by atoms with Crippen LogP contribution in [0.4, 0.5) is 0 Å². The van der Waals surface area contributed by atoms with Crippen LogP contribution in [0.25, 0.3) is 0 Å². The van der Waals surface area contributed by atoms with E-state index in [4.69, 9.17) is 11.6 Å². The minimum Gasteiger partial charge on any atom is -0.316 e. The highest BCUT2D eigenvalue weighted by atomic mass is 35.5. The summed E-state index contributed by atoms with van der Waals surface area (Å²) in [7, 11) is 4.22. The maximum absolute atomic E-state index is 5.94. The van der Waals surface area contributed by atoms with Gasteiger partial charge in [0.1, 0.15) is 0 Å². The van der Waals surface area contributed by atoms with Gasteiger partial charge in [0.25, 0.3) is 0 Å². The highest BCUT2D eigenvalue weighted by Gasteiger charge is 2.22. The molecule has 18 heavy (non-hydrogen) atoms. The van der Waals surface area contributed by atoms with Crippen molar-refractivity contribution in [2.75, 3.05) is 20.6 Å². The second-order valence-corrected chi connectivity index (χ2v) is 7.74. The zero-order chi connectivity index (χ0) is 13.8. The van der Waals surface area contributed by atoms with Gasteiger partial charge < -0.3 is 10.2 Å². The molecule has 0 aromatic carbocycles. The minimum absolute atomic E-state index is 0.307. The molecule has 1 heterocycles. The van der Waals surface area contributed by atoms with Crippen LogP contribution in [-0.2, 0) is 6.54 Å². The van der Waals surface area contributed by atoms with Gasteiger partial charge in [0.2, 0.25) is 0 Å². The van der Waals surface area contributed by atoms with Crippen molar-refractivity contribution in [2.45, 2.75) is 39.8 Å². The summed E-state index contributed by atoms with van der Waals surface area (Å²) < 4.78 is 0.876. The Morgan fingerprint density at radius 1 is 1.39 bits per heavy atom. The van der Waals surface area contributed by atoms with Crippen LogP contribution in [0.2, 0.25) is 4.34 Å². The number of rotatable bonds is 6. The first-order chi connectivity index (χ1) is 8.32. The van der Waals surface area contributed by atoms with Crippen LogP contribution in [0, 0.1) is 5.41 Å². The largest absolute Gasteiger partial charge is 0.316 e. The van der Waals surface area contributed by atoms with Crippen LogP contribution in [0.1, 0.15) is 32.1 Å². The second-order valence-electron chi connectivity index (χ2n) is 5.94. The lowest BCUT2D eigenvalue weighted by molar-refractivity contribution is 0.228. The number of nitrogens with one attached hydrogen (secondary N) is 1. The molecule has 0 saturated heterocycles. The highest BCUT2D eigenvalue weighted by Crippen LogP contribution is 2.24. The van der Waals surface area contributed by atoms with E-state index in [2.05, 4.69) is 51.1 Å². The zero-order valence-electron chi connectivity index (χ0n) is 12.1. The Morgan fingerprint density at radius 3 is 2.50 bits per heavy atom. The topological polar surface area (TPSA) is 15.3 Å². The van der Waals surface area contributed by atoms with Crippen molar-refractivity contribution < 1.29 is 0 Å². The molecule has 0 amide bonds. The van der Waals surface area contributed by atoms with Crippen molar-refractivity contribution in [2.24, 2.45) is 5.41 Å². The molecule has 0 aliphatic heterocycles. The SMILES string of the molecule is CNC(CCN(C)Cc1ccc(Cl)s1)C(C)(C)C. The van der Waals surface area contributed by atoms with Gasteiger partial charge in [-0.15, -0.1) is 11.3 Å². The van der Waals surface area contributed by atoms with E-state index in [-0.39, 0.29) is 0 Å². The van der Waals surface area contributed by atoms with Gasteiger partial charge in [0.15, 0.2) is 0 Å². The van der Waals surface area contributed by atoms with Crippen LogP contribution in [0.3, 0.4) is 0 Å². The van der Waals surface area contributed by atoms with E-state index in [1.165, 1.54) is 4.88 Å². The predicted molar refractivity (Wildman–Crippen MR) is 82.6 cm³/mol. The van der Waals surface area contributed by atoms with Gasteiger partial charge in [-0.3, -0.25) is 0 Å². The number of hydrogen-bond donors (Lipinski definition) is 1. The summed E-state index contributed by atoms with van der Waals surface area (Å²) in [5.74, 6) is 0. The van der Waals surface area contributed by atoms with Crippen molar-refractivity contribution in [3.63, 3.8) is 0 Å². The fraction of sp³-hybridized carbons (Fsp3) is 0.714. The molecule has 1 N–H and O–H groups in total. The van der Waals surface area contributed by atoms with E-state index in [0.29, 0.717) is 11.5 Å². The maximum Gasteiger partial charge on any atom is 0.0931 e. The summed E-state index contributed by atoms with van der Waals surface area (Å²) in [4.78, 5) is 3.69. The molecule has 1 unspecified atom stereocenters. The van der Waals surface area contributed by atoms with Gasteiger partial charge in [0, 0.05) is 17.5 Å². The summed E-state index contributed by atoms with van der Waals surface area (Å²) in [6.45, 7) is 8.93. The fourth-order valence-electron chi connectivity index (χ4n) is 2.14. The molecule has 1 aromatic heterocycles. The van der Waals surface area contributed by atoms with Gasteiger partial charge in [-0.1, -0.05) is 32.4 Å². The molecule has 0 fully saturated rings. The molecular formula is C14H25ClN2S. The molecule has 104 valence electrons. The molecule has 0 aliphatic rings. The fourth-order valence-corrected chi connectivity index (χ4v) is 3.31. The van der Waals surface area contributed by atoms with Crippen molar-refractivity contribution in [1.82, 2.24) is 10.2 Å². The Labute approximate surface area is 120 Å². The van der Waals surface area contributed by atoms with Crippen LogP contribution >= 0.6 is 22.9 Å². The Kier molecular flexibility index (Phi) is 6.12. The van der Waals surface area contributed by atoms with Crippen LogP contribution in [0.5, 0.6) is 0 Å². The Morgan fingerprint density at radius 2 is 2.06 bits per heavy atom. The van der Waals surface area contributed by atoms with Gasteiger partial charge in [-0.25, -0.2) is 0 Å². The first kappa shape index (κ1) is 16.0. The molecule has 0 radical (unpaired) electrons. The lowest BCUT2D eigenvalue weighted by atomic mass is 9.85. The van der Waals surface area contributed by atoms with Crippen molar-refractivity contribution in [3.8, 4) is 0 Å². The summed E-state index contributed by atoms with van der Waals surface area (Å²) in [6.07, 6.45) is 1.16. The Hall–Kier alpha value is -0.0900. The molecule has 1 atom stereocenters. The van der Waals surface area contributed by atoms with Crippen molar-refractivity contribution >= 4 is 22.9 Å². The number of nitrogens with zero attached hydrogens (tertiary/aromatic N) is 1. The number of hydrogen-bond acceptors (Lipinski definition) is 3. The smallest absolute Gasteiger partial charge is 0.0931 e. The Bertz CT molecular complexity index is 357. The minimum atomic E-state index is 0.307. The van der Waals surface area contributed by atoms with Gasteiger partial charge in [-0.05, 0) is 44.6 Å². The molecule has 4 heteroatoms. The first-order valence-electron chi connectivity index (χ1n) is 6.43. The van der Waals surface area contributed by atoms with Crippen molar-refractivity contribution in [3.05, 3.63) is 21.3 Å². The average molecular weight is 289 g/mol. The van der Waals surface area contributed by atoms with E-state index >= 15 is 0 Å². The van der Waals surface area contributed by atoms with E-state index in [1.807, 2.05) is 6.07 Å². The van der Waals surface area contributed by atoms with Gasteiger partial charge in [-0.2, -0.15) is 0 Å². The van der Waals surface area contributed by atoms with E-state index < -0.39 is 0 Å². The van der Waals surface area contributed by atoms with Crippen LogP contribution < -0.4 is 5.32 Å². The monoisotopic (exact) mass is 288 g/mol. The molecule has 1 rings (SSSR count). The molecule has 1 aromatic rings. The van der Waals surface area contributed by atoms with E-state index in [1.54, 1.807) is 11.3 Å². The second kappa shape index (κ2) is 6.90. The summed E-state index contributed by atoms with van der Waals surface area (Å²) >= 11 is 7.61. The number of halogens is 1. The normalized spacial score (nSPS) is 14.2. The number of thiophene rings is 1. The molecule has 0 spiro atoms. The third-order valence-corrected chi connectivity index (χ3v) is 4.46. The van der Waals surface area contributed by atoms with E-state index in [0.717, 1.165) is 23.8 Å². The summed E-state index contributed by atoms with van der Waals surface area (Å²) in [6, 6.07) is 4.64. The maximum atomic E-state index is 5.94. The van der Waals surface area contributed by atoms with Gasteiger partial charge in [0.05, 0.1) is 4.34 Å². The van der Waals surface area contributed by atoms with Crippen LogP contribution in [-0.4, -0.2) is 31.6 Å². The molecule has 0 bridgehead atoms. The van der Waals surface area contributed by atoms with E-state index in [9.17, 15) is 0 Å². The van der Waals surface area contributed by atoms with Crippen molar-refractivity contribution in [1.29, 1.82) is 0 Å². The predicted octanol–water partition coefficient (Wildman–Crippen LogP) is 3.86.